The summed E-state index contributed by atoms with van der Waals surface area (Å²) in [4.78, 5) is 52.3. The molecule has 2 aliphatic heterocycles. The molecule has 6 aromatic rings. The van der Waals surface area contributed by atoms with Gasteiger partial charge in [-0.3, -0.25) is 19.4 Å². The van der Waals surface area contributed by atoms with E-state index < -0.39 is 0 Å². The molecule has 11 nitrogen and oxygen atoms in total. The number of H-pyrrole nitrogens is 2. The zero-order valence-electron chi connectivity index (χ0n) is 33.0. The van der Waals surface area contributed by atoms with Crippen molar-refractivity contribution in [2.24, 2.45) is 0 Å². The lowest BCUT2D eigenvalue weighted by Crippen LogP contribution is -2.40. The van der Waals surface area contributed by atoms with Gasteiger partial charge in [0.05, 0.1) is 35.9 Å². The Bertz CT molecular complexity index is 2290. The highest BCUT2D eigenvalue weighted by Gasteiger charge is 2.38. The van der Waals surface area contributed by atoms with Crippen molar-refractivity contribution in [3.8, 4) is 34.0 Å². The average Bonchev–Trinajstić information content (AvgIpc) is 4.06. The molecule has 57 heavy (non-hydrogen) atoms. The molecule has 2 aromatic heterocycles. The van der Waals surface area contributed by atoms with Crippen molar-refractivity contribution in [3.63, 3.8) is 0 Å². The summed E-state index contributed by atoms with van der Waals surface area (Å²) in [5.41, 5.74) is 5.65. The van der Waals surface area contributed by atoms with Gasteiger partial charge in [-0.15, -0.1) is 0 Å². The summed E-state index contributed by atoms with van der Waals surface area (Å²) in [7, 11) is 7.81. The number of ether oxygens (including phenoxy) is 1. The van der Waals surface area contributed by atoms with Gasteiger partial charge < -0.3 is 24.5 Å². The molecule has 8 rings (SSSR count). The van der Waals surface area contributed by atoms with E-state index in [0.717, 1.165) is 71.0 Å². The predicted molar refractivity (Wildman–Crippen MR) is 221 cm³/mol. The van der Waals surface area contributed by atoms with E-state index in [0.29, 0.717) is 24.6 Å². The van der Waals surface area contributed by atoms with Crippen LogP contribution in [0.1, 0.15) is 72.6 Å². The van der Waals surface area contributed by atoms with Crippen molar-refractivity contribution in [3.05, 3.63) is 144 Å². The number of rotatable bonds is 12. The number of likely N-dealkylation sites (tertiary alicyclic amines) is 2. The van der Waals surface area contributed by atoms with Gasteiger partial charge in [-0.2, -0.15) is 0 Å². The quantitative estimate of drug-likeness (QED) is 0.129. The van der Waals surface area contributed by atoms with Crippen molar-refractivity contribution in [1.82, 2.24) is 39.5 Å². The van der Waals surface area contributed by atoms with Crippen LogP contribution in [0.15, 0.2) is 122 Å². The topological polar surface area (TPSA) is 114 Å². The van der Waals surface area contributed by atoms with Gasteiger partial charge in [-0.25, -0.2) is 9.97 Å². The molecule has 1 unspecified atom stereocenters. The number of likely N-dealkylation sites (N-methyl/N-ethyl adjacent to an activating group) is 2. The third kappa shape index (κ3) is 7.99. The van der Waals surface area contributed by atoms with E-state index in [2.05, 4.69) is 9.97 Å². The maximum Gasteiger partial charge on any atom is 0.245 e. The second-order valence-corrected chi connectivity index (χ2v) is 15.5. The standard InChI is InChI=1S/C46H50N8O3/c1-51(2)41(32-14-7-5-8-15-32)45(55)53-26-12-20-39(53)43-47-29-37(49-43)31-22-24-35(25-23-31)57-36-19-11-18-34(28-36)38-30-48-44(50-38)40-21-13-27-54(40)46(56)42(52(3)4)33-16-9-6-10-17-33/h5-11,14-19,22-25,28-30,39-42H,12-13,20-21,26-27H2,1-4H3,(H,47,49)(H,48,50)/t39-,40-,41+,42?/m0/s1. The number of imidazole rings is 2. The van der Waals surface area contributed by atoms with Gasteiger partial charge in [-0.1, -0.05) is 72.8 Å². The number of nitrogens with zero attached hydrogens (tertiary/aromatic N) is 6. The second kappa shape index (κ2) is 16.6. The smallest absolute Gasteiger partial charge is 0.245 e. The van der Waals surface area contributed by atoms with Gasteiger partial charge in [0.15, 0.2) is 0 Å². The lowest BCUT2D eigenvalue weighted by Gasteiger charge is -2.31. The summed E-state index contributed by atoms with van der Waals surface area (Å²) < 4.78 is 6.32. The monoisotopic (exact) mass is 762 g/mol. The van der Waals surface area contributed by atoms with E-state index in [9.17, 15) is 9.59 Å². The highest BCUT2D eigenvalue weighted by molar-refractivity contribution is 5.84. The lowest BCUT2D eigenvalue weighted by atomic mass is 10.0. The van der Waals surface area contributed by atoms with E-state index in [1.807, 2.05) is 169 Å². The van der Waals surface area contributed by atoms with Gasteiger partial charge >= 0.3 is 0 Å². The zero-order valence-corrected chi connectivity index (χ0v) is 33.0. The molecule has 11 heteroatoms. The Balaban J connectivity index is 0.925. The summed E-state index contributed by atoms with van der Waals surface area (Å²) >= 11 is 0. The van der Waals surface area contributed by atoms with E-state index in [1.165, 1.54) is 0 Å². The van der Waals surface area contributed by atoms with E-state index >= 15 is 0 Å². The van der Waals surface area contributed by atoms with Crippen LogP contribution < -0.4 is 4.74 Å². The molecule has 4 aromatic carbocycles. The van der Waals surface area contributed by atoms with Crippen LogP contribution in [0.2, 0.25) is 0 Å². The fraction of sp³-hybridized carbons (Fsp3) is 0.304. The van der Waals surface area contributed by atoms with Gasteiger partial charge in [0.2, 0.25) is 11.8 Å². The minimum Gasteiger partial charge on any atom is -0.457 e. The first-order valence-electron chi connectivity index (χ1n) is 19.8. The first-order valence-corrected chi connectivity index (χ1v) is 19.8. The van der Waals surface area contributed by atoms with Gasteiger partial charge in [0, 0.05) is 18.7 Å². The van der Waals surface area contributed by atoms with Crippen molar-refractivity contribution in [2.75, 3.05) is 41.3 Å². The van der Waals surface area contributed by atoms with Crippen molar-refractivity contribution in [2.45, 2.75) is 49.9 Å². The highest BCUT2D eigenvalue weighted by Crippen LogP contribution is 2.37. The van der Waals surface area contributed by atoms with Gasteiger partial charge in [-0.05, 0) is 107 Å². The molecule has 2 aliphatic rings. The number of hydrogen-bond donors (Lipinski definition) is 2. The largest absolute Gasteiger partial charge is 0.457 e. The lowest BCUT2D eigenvalue weighted by molar-refractivity contribution is -0.138. The molecule has 4 atom stereocenters. The van der Waals surface area contributed by atoms with Crippen molar-refractivity contribution >= 4 is 11.8 Å². The number of benzene rings is 4. The molecule has 2 amide bonds. The number of aromatic nitrogens is 4. The van der Waals surface area contributed by atoms with Crippen LogP contribution in [0, 0.1) is 0 Å². The maximum atomic E-state index is 13.9. The summed E-state index contributed by atoms with van der Waals surface area (Å²) in [6.07, 6.45) is 7.27. The van der Waals surface area contributed by atoms with E-state index in [4.69, 9.17) is 14.7 Å². The number of carbonyl (C=O) groups excluding carboxylic acids is 2. The van der Waals surface area contributed by atoms with Gasteiger partial charge in [0.25, 0.3) is 0 Å². The third-order valence-electron chi connectivity index (χ3n) is 11.2. The molecule has 2 fully saturated rings. The number of aromatic amines is 2. The molecule has 0 spiro atoms. The Kier molecular flexibility index (Phi) is 11.0. The third-order valence-corrected chi connectivity index (χ3v) is 11.2. The van der Waals surface area contributed by atoms with Gasteiger partial charge in [0.1, 0.15) is 35.2 Å². The molecule has 0 radical (unpaired) electrons. The molecule has 4 heterocycles. The van der Waals surface area contributed by atoms with E-state index in [1.54, 1.807) is 0 Å². The predicted octanol–water partition coefficient (Wildman–Crippen LogP) is 8.19. The van der Waals surface area contributed by atoms with Crippen molar-refractivity contribution in [1.29, 1.82) is 0 Å². The first kappa shape index (κ1) is 37.9. The number of amides is 2. The Morgan fingerprint density at radius 3 is 1.60 bits per heavy atom. The fourth-order valence-corrected chi connectivity index (χ4v) is 8.41. The number of hydrogen-bond acceptors (Lipinski definition) is 7. The van der Waals surface area contributed by atoms with Crippen LogP contribution in [0.3, 0.4) is 0 Å². The zero-order chi connectivity index (χ0) is 39.5. The van der Waals surface area contributed by atoms with E-state index in [-0.39, 0.29) is 36.0 Å². The molecule has 292 valence electrons. The van der Waals surface area contributed by atoms with Crippen LogP contribution >= 0.6 is 0 Å². The first-order chi connectivity index (χ1) is 27.7. The van der Waals surface area contributed by atoms with Crippen LogP contribution in [0.5, 0.6) is 11.5 Å². The average molecular weight is 763 g/mol. The molecule has 0 bridgehead atoms. The Hall–Kier alpha value is -6.04. The van der Waals surface area contributed by atoms with Crippen LogP contribution in [0.4, 0.5) is 0 Å². The molecular weight excluding hydrogens is 713 g/mol. The number of nitrogens with one attached hydrogen (secondary N) is 2. The molecule has 2 N–H and O–H groups in total. The minimum absolute atomic E-state index is 0.0887. The molecule has 2 saturated heterocycles. The Labute approximate surface area is 334 Å². The highest BCUT2D eigenvalue weighted by atomic mass is 16.5. The summed E-state index contributed by atoms with van der Waals surface area (Å²) in [6.45, 7) is 1.41. The number of carbonyl (C=O) groups is 2. The maximum absolute atomic E-state index is 13.9. The summed E-state index contributed by atoms with van der Waals surface area (Å²) in [5, 5.41) is 0. The SMILES string of the molecule is CN(C)C(C(=O)N1CCC[C@H]1c1ncc(-c2cccc(Oc3ccc(-c4cnc([C@@H]5CCCN5C(=O)[C@@H](c5ccccc5)N(C)C)[nH]4)cc3)c2)[nH]1)c1ccccc1. The second-order valence-electron chi connectivity index (χ2n) is 15.5. The molecule has 0 aliphatic carbocycles. The Morgan fingerprint density at radius 1 is 0.614 bits per heavy atom. The molecule has 0 saturated carbocycles. The van der Waals surface area contributed by atoms with Crippen LogP contribution in [0.25, 0.3) is 22.5 Å². The van der Waals surface area contributed by atoms with Crippen LogP contribution in [-0.4, -0.2) is 92.6 Å². The minimum atomic E-state index is -0.359. The summed E-state index contributed by atoms with van der Waals surface area (Å²) in [5.74, 6) is 3.19. The Morgan fingerprint density at radius 2 is 1.11 bits per heavy atom. The molecular formula is C46H50N8O3. The normalized spacial score (nSPS) is 18.0. The summed E-state index contributed by atoms with van der Waals surface area (Å²) in [6, 6.07) is 34.8. The fourth-order valence-electron chi connectivity index (χ4n) is 8.41. The van der Waals surface area contributed by atoms with Crippen LogP contribution in [-0.2, 0) is 9.59 Å². The van der Waals surface area contributed by atoms with Crippen molar-refractivity contribution < 1.29 is 14.3 Å².